The smallest absolute Gasteiger partial charge is 0.221 e. The van der Waals surface area contributed by atoms with Gasteiger partial charge in [-0.15, -0.1) is 0 Å². The SMILES string of the molecule is CC(C(N)=O)C1(c2ccc(N)cc2)CC1. The summed E-state index contributed by atoms with van der Waals surface area (Å²) in [4.78, 5) is 11.2. The predicted octanol–water partition coefficient (Wildman–Crippen LogP) is 1.42. The molecular weight excluding hydrogens is 188 g/mol. The molecule has 3 nitrogen and oxygen atoms in total. The molecule has 0 heterocycles. The number of nitrogen functional groups attached to an aromatic ring is 1. The van der Waals surface area contributed by atoms with E-state index in [2.05, 4.69) is 0 Å². The van der Waals surface area contributed by atoms with Crippen molar-refractivity contribution in [3.05, 3.63) is 29.8 Å². The third-order valence-corrected chi connectivity index (χ3v) is 3.53. The Labute approximate surface area is 89.5 Å². The standard InChI is InChI=1S/C12H16N2O/c1-8(11(14)15)12(6-7-12)9-2-4-10(13)5-3-9/h2-5,8H,6-7,13H2,1H3,(H2,14,15). The Bertz CT molecular complexity index is 379. The molecule has 4 N–H and O–H groups in total. The van der Waals surface area contributed by atoms with Gasteiger partial charge in [0.25, 0.3) is 0 Å². The lowest BCUT2D eigenvalue weighted by Gasteiger charge is -2.21. The monoisotopic (exact) mass is 204 g/mol. The number of rotatable bonds is 3. The lowest BCUT2D eigenvalue weighted by Crippen LogP contribution is -2.31. The van der Waals surface area contributed by atoms with Crippen LogP contribution in [0.25, 0.3) is 0 Å². The highest BCUT2D eigenvalue weighted by molar-refractivity contribution is 5.79. The van der Waals surface area contributed by atoms with Crippen molar-refractivity contribution in [1.82, 2.24) is 0 Å². The molecule has 1 amide bonds. The average molecular weight is 204 g/mol. The third kappa shape index (κ3) is 1.58. The minimum Gasteiger partial charge on any atom is -0.399 e. The quantitative estimate of drug-likeness (QED) is 0.731. The molecule has 15 heavy (non-hydrogen) atoms. The van der Waals surface area contributed by atoms with Crippen LogP contribution in [0.1, 0.15) is 25.3 Å². The lowest BCUT2D eigenvalue weighted by atomic mass is 9.83. The van der Waals surface area contributed by atoms with Crippen LogP contribution >= 0.6 is 0 Å². The summed E-state index contributed by atoms with van der Waals surface area (Å²) in [5, 5.41) is 0. The normalized spacial score (nSPS) is 19.5. The minimum atomic E-state index is -0.218. The first kappa shape index (κ1) is 10.0. The summed E-state index contributed by atoms with van der Waals surface area (Å²) in [7, 11) is 0. The summed E-state index contributed by atoms with van der Waals surface area (Å²) in [6, 6.07) is 7.76. The van der Waals surface area contributed by atoms with Crippen LogP contribution in [0, 0.1) is 5.92 Å². The first-order chi connectivity index (χ1) is 7.06. The number of carbonyl (C=O) groups is 1. The highest BCUT2D eigenvalue weighted by Crippen LogP contribution is 2.53. The Balaban J connectivity index is 2.30. The molecule has 2 rings (SSSR count). The molecule has 1 aromatic carbocycles. The maximum atomic E-state index is 11.2. The third-order valence-electron chi connectivity index (χ3n) is 3.53. The van der Waals surface area contributed by atoms with E-state index in [-0.39, 0.29) is 17.2 Å². The Kier molecular flexibility index (Phi) is 2.18. The van der Waals surface area contributed by atoms with Gasteiger partial charge in [0.1, 0.15) is 0 Å². The van der Waals surface area contributed by atoms with E-state index in [1.165, 1.54) is 5.56 Å². The summed E-state index contributed by atoms with van der Waals surface area (Å²) >= 11 is 0. The van der Waals surface area contributed by atoms with Gasteiger partial charge in [-0.05, 0) is 30.5 Å². The Morgan fingerprint density at radius 1 is 1.33 bits per heavy atom. The number of nitrogens with two attached hydrogens (primary N) is 2. The second-order valence-electron chi connectivity index (χ2n) is 4.40. The summed E-state index contributed by atoms with van der Waals surface area (Å²) in [5.74, 6) is -0.314. The number of benzene rings is 1. The van der Waals surface area contributed by atoms with E-state index in [0.717, 1.165) is 18.5 Å². The van der Waals surface area contributed by atoms with Crippen LogP contribution in [0.4, 0.5) is 5.69 Å². The molecule has 1 aliphatic rings. The largest absolute Gasteiger partial charge is 0.399 e. The van der Waals surface area contributed by atoms with Crippen LogP contribution in [0.2, 0.25) is 0 Å². The van der Waals surface area contributed by atoms with Gasteiger partial charge in [0.15, 0.2) is 0 Å². The molecule has 3 heteroatoms. The van der Waals surface area contributed by atoms with Gasteiger partial charge in [-0.1, -0.05) is 19.1 Å². The predicted molar refractivity (Wildman–Crippen MR) is 60.1 cm³/mol. The zero-order valence-corrected chi connectivity index (χ0v) is 8.86. The molecular formula is C12H16N2O. The lowest BCUT2D eigenvalue weighted by molar-refractivity contribution is -0.122. The van der Waals surface area contributed by atoms with E-state index >= 15 is 0 Å². The Hall–Kier alpha value is -1.51. The molecule has 1 atom stereocenters. The summed E-state index contributed by atoms with van der Waals surface area (Å²) in [6.07, 6.45) is 2.09. The summed E-state index contributed by atoms with van der Waals surface area (Å²) in [6.45, 7) is 1.91. The molecule has 0 bridgehead atoms. The first-order valence-electron chi connectivity index (χ1n) is 5.21. The zero-order valence-electron chi connectivity index (χ0n) is 8.86. The van der Waals surface area contributed by atoms with Gasteiger partial charge >= 0.3 is 0 Å². The van der Waals surface area contributed by atoms with Crippen molar-refractivity contribution in [3.63, 3.8) is 0 Å². The number of hydrogen-bond acceptors (Lipinski definition) is 2. The molecule has 1 fully saturated rings. The van der Waals surface area contributed by atoms with E-state index < -0.39 is 0 Å². The van der Waals surface area contributed by atoms with Gasteiger partial charge in [0.2, 0.25) is 5.91 Å². The number of primary amides is 1. The van der Waals surface area contributed by atoms with Gasteiger partial charge in [-0.3, -0.25) is 4.79 Å². The van der Waals surface area contributed by atoms with Crippen molar-refractivity contribution in [2.45, 2.75) is 25.2 Å². The molecule has 1 unspecified atom stereocenters. The first-order valence-corrected chi connectivity index (χ1v) is 5.21. The number of amides is 1. The van der Waals surface area contributed by atoms with Crippen molar-refractivity contribution in [2.75, 3.05) is 5.73 Å². The Morgan fingerprint density at radius 2 is 1.87 bits per heavy atom. The molecule has 80 valence electrons. The minimum absolute atomic E-state index is 0.0144. The second-order valence-corrected chi connectivity index (χ2v) is 4.40. The van der Waals surface area contributed by atoms with E-state index in [4.69, 9.17) is 11.5 Å². The summed E-state index contributed by atoms with van der Waals surface area (Å²) < 4.78 is 0. The van der Waals surface area contributed by atoms with Gasteiger partial charge in [-0.25, -0.2) is 0 Å². The fourth-order valence-corrected chi connectivity index (χ4v) is 2.19. The van der Waals surface area contributed by atoms with Crippen LogP contribution < -0.4 is 11.5 Å². The average Bonchev–Trinajstić information content (AvgIpc) is 2.99. The van der Waals surface area contributed by atoms with Crippen molar-refractivity contribution < 1.29 is 4.79 Å². The van der Waals surface area contributed by atoms with Gasteiger partial charge in [0, 0.05) is 17.0 Å². The van der Waals surface area contributed by atoms with Crippen LogP contribution in [0.3, 0.4) is 0 Å². The Morgan fingerprint density at radius 3 is 2.27 bits per heavy atom. The second kappa shape index (κ2) is 3.26. The maximum absolute atomic E-state index is 11.2. The molecule has 0 aliphatic heterocycles. The van der Waals surface area contributed by atoms with E-state index in [1.54, 1.807) is 0 Å². The molecule has 0 saturated heterocycles. The molecule has 0 spiro atoms. The number of carbonyl (C=O) groups excluding carboxylic acids is 1. The highest BCUT2D eigenvalue weighted by Gasteiger charge is 2.50. The fraction of sp³-hybridized carbons (Fsp3) is 0.417. The number of hydrogen-bond donors (Lipinski definition) is 2. The van der Waals surface area contributed by atoms with Crippen molar-refractivity contribution in [1.29, 1.82) is 0 Å². The van der Waals surface area contributed by atoms with E-state index in [1.807, 2.05) is 31.2 Å². The van der Waals surface area contributed by atoms with Crippen molar-refractivity contribution in [2.24, 2.45) is 11.7 Å². The highest BCUT2D eigenvalue weighted by atomic mass is 16.1. The molecule has 0 aromatic heterocycles. The van der Waals surface area contributed by atoms with E-state index in [9.17, 15) is 4.79 Å². The van der Waals surface area contributed by atoms with Crippen molar-refractivity contribution in [3.8, 4) is 0 Å². The van der Waals surface area contributed by atoms with Crippen LogP contribution in [-0.2, 0) is 10.2 Å². The molecule has 1 aliphatic carbocycles. The van der Waals surface area contributed by atoms with E-state index in [0.29, 0.717) is 0 Å². The molecule has 1 saturated carbocycles. The fourth-order valence-electron chi connectivity index (χ4n) is 2.19. The van der Waals surface area contributed by atoms with Crippen LogP contribution in [0.15, 0.2) is 24.3 Å². The maximum Gasteiger partial charge on any atom is 0.221 e. The summed E-state index contributed by atoms with van der Waals surface area (Å²) in [5.41, 5.74) is 12.9. The van der Waals surface area contributed by atoms with Gasteiger partial charge in [-0.2, -0.15) is 0 Å². The van der Waals surface area contributed by atoms with Crippen LogP contribution in [-0.4, -0.2) is 5.91 Å². The van der Waals surface area contributed by atoms with Crippen LogP contribution in [0.5, 0.6) is 0 Å². The zero-order chi connectivity index (χ0) is 11.1. The topological polar surface area (TPSA) is 69.1 Å². The molecule has 1 aromatic rings. The van der Waals surface area contributed by atoms with Gasteiger partial charge < -0.3 is 11.5 Å². The van der Waals surface area contributed by atoms with Gasteiger partial charge in [0.05, 0.1) is 0 Å². The van der Waals surface area contributed by atoms with Crippen molar-refractivity contribution >= 4 is 11.6 Å². The number of anilines is 1. The molecule has 0 radical (unpaired) electrons.